The van der Waals surface area contributed by atoms with Crippen molar-refractivity contribution in [1.82, 2.24) is 20.3 Å². The molecule has 0 aliphatic heterocycles. The van der Waals surface area contributed by atoms with Gasteiger partial charge in [-0.05, 0) is 35.9 Å². The molecule has 3 rings (SSSR count). The average molecular weight is 362 g/mol. The Morgan fingerprint density at radius 3 is 2.56 bits per heavy atom. The molecule has 2 heterocycles. The van der Waals surface area contributed by atoms with E-state index in [-0.39, 0.29) is 17.5 Å². The van der Waals surface area contributed by atoms with E-state index in [1.807, 2.05) is 18.2 Å². The van der Waals surface area contributed by atoms with Crippen LogP contribution < -0.4 is 16.0 Å². The summed E-state index contributed by atoms with van der Waals surface area (Å²) in [5.41, 5.74) is 2.58. The third-order valence-corrected chi connectivity index (χ3v) is 3.56. The Kier molecular flexibility index (Phi) is 5.68. The van der Waals surface area contributed by atoms with Gasteiger partial charge in [-0.25, -0.2) is 9.97 Å². The normalized spacial score (nSPS) is 10.1. The summed E-state index contributed by atoms with van der Waals surface area (Å²) in [4.78, 5) is 35.6. The zero-order chi connectivity index (χ0) is 19.1. The Hall–Kier alpha value is -3.81. The number of pyridine rings is 1. The van der Waals surface area contributed by atoms with Gasteiger partial charge in [0, 0.05) is 43.3 Å². The monoisotopic (exact) mass is 362 g/mol. The first-order valence-electron chi connectivity index (χ1n) is 8.24. The molecule has 0 spiro atoms. The number of hydrogen-bond acceptors (Lipinski definition) is 6. The quantitative estimate of drug-likeness (QED) is 0.622. The molecule has 0 aliphatic carbocycles. The highest BCUT2D eigenvalue weighted by atomic mass is 16.2. The number of nitrogens with zero attached hydrogens (tertiary/aromatic N) is 3. The van der Waals surface area contributed by atoms with Gasteiger partial charge in [0.05, 0.1) is 0 Å². The second-order valence-corrected chi connectivity index (χ2v) is 5.71. The molecule has 0 unspecified atom stereocenters. The molecular weight excluding hydrogens is 344 g/mol. The molecule has 8 heteroatoms. The summed E-state index contributed by atoms with van der Waals surface area (Å²) in [6.07, 6.45) is 4.66. The number of rotatable bonds is 6. The second-order valence-electron chi connectivity index (χ2n) is 5.71. The maximum atomic E-state index is 12.3. The number of amides is 2. The number of aromatic nitrogens is 3. The van der Waals surface area contributed by atoms with Crippen molar-refractivity contribution in [1.29, 1.82) is 0 Å². The van der Waals surface area contributed by atoms with Crippen LogP contribution in [0.1, 0.15) is 23.0 Å². The highest BCUT2D eigenvalue weighted by Crippen LogP contribution is 2.19. The largest absolute Gasteiger partial charge is 0.347 e. The first-order chi connectivity index (χ1) is 13.1. The van der Waals surface area contributed by atoms with Crippen molar-refractivity contribution in [2.75, 3.05) is 10.6 Å². The van der Waals surface area contributed by atoms with Crippen molar-refractivity contribution in [2.45, 2.75) is 13.5 Å². The van der Waals surface area contributed by atoms with Crippen molar-refractivity contribution in [3.63, 3.8) is 0 Å². The average Bonchev–Trinajstić information content (AvgIpc) is 2.67. The molecule has 1 aromatic carbocycles. The topological polar surface area (TPSA) is 109 Å². The molecule has 0 aliphatic rings. The van der Waals surface area contributed by atoms with Crippen LogP contribution in [0.15, 0.2) is 61.2 Å². The Morgan fingerprint density at radius 1 is 1.00 bits per heavy atom. The van der Waals surface area contributed by atoms with E-state index < -0.39 is 0 Å². The van der Waals surface area contributed by atoms with Crippen LogP contribution in [-0.4, -0.2) is 26.8 Å². The molecule has 2 aromatic heterocycles. The third-order valence-electron chi connectivity index (χ3n) is 3.56. The molecular formula is C19H18N6O2. The predicted molar refractivity (Wildman–Crippen MR) is 101 cm³/mol. The molecule has 136 valence electrons. The van der Waals surface area contributed by atoms with Crippen LogP contribution in [-0.2, 0) is 11.3 Å². The Morgan fingerprint density at radius 2 is 1.78 bits per heavy atom. The van der Waals surface area contributed by atoms with Crippen molar-refractivity contribution >= 4 is 29.0 Å². The van der Waals surface area contributed by atoms with Crippen LogP contribution >= 0.6 is 0 Å². The zero-order valence-corrected chi connectivity index (χ0v) is 14.6. The summed E-state index contributed by atoms with van der Waals surface area (Å²) in [6, 6.07) is 12.4. The Balaban J connectivity index is 1.66. The number of nitrogens with one attached hydrogen (secondary N) is 3. The molecule has 27 heavy (non-hydrogen) atoms. The summed E-state index contributed by atoms with van der Waals surface area (Å²) in [6.45, 7) is 1.83. The van der Waals surface area contributed by atoms with Crippen molar-refractivity contribution < 1.29 is 9.59 Å². The standard InChI is InChI=1S/C19H18N6O2/c1-13(26)24-15-3-2-4-16(9-15)25-18-10-17(22-12-23-18)19(27)21-11-14-5-7-20-8-6-14/h2-10,12H,11H2,1H3,(H,21,27)(H,24,26)(H,22,23,25). The minimum Gasteiger partial charge on any atom is -0.347 e. The Bertz CT molecular complexity index is 946. The lowest BCUT2D eigenvalue weighted by Crippen LogP contribution is -2.24. The van der Waals surface area contributed by atoms with Gasteiger partial charge in [-0.3, -0.25) is 14.6 Å². The summed E-state index contributed by atoms with van der Waals surface area (Å²) < 4.78 is 0. The van der Waals surface area contributed by atoms with E-state index in [0.29, 0.717) is 18.1 Å². The fraction of sp³-hybridized carbons (Fsp3) is 0.105. The molecule has 3 N–H and O–H groups in total. The van der Waals surface area contributed by atoms with E-state index in [1.54, 1.807) is 36.7 Å². The number of anilines is 3. The number of carbonyl (C=O) groups excluding carboxylic acids is 2. The van der Waals surface area contributed by atoms with Crippen LogP contribution in [0.3, 0.4) is 0 Å². The minimum atomic E-state index is -0.302. The molecule has 0 saturated carbocycles. The maximum Gasteiger partial charge on any atom is 0.270 e. The summed E-state index contributed by atoms with van der Waals surface area (Å²) >= 11 is 0. The molecule has 3 aromatic rings. The van der Waals surface area contributed by atoms with E-state index >= 15 is 0 Å². The van der Waals surface area contributed by atoms with E-state index in [2.05, 4.69) is 30.9 Å². The molecule has 0 radical (unpaired) electrons. The smallest absolute Gasteiger partial charge is 0.270 e. The van der Waals surface area contributed by atoms with Gasteiger partial charge in [-0.2, -0.15) is 0 Å². The van der Waals surface area contributed by atoms with Gasteiger partial charge >= 0.3 is 0 Å². The number of benzene rings is 1. The summed E-state index contributed by atoms with van der Waals surface area (Å²) in [5.74, 6) is 0.0191. The third kappa shape index (κ3) is 5.33. The first kappa shape index (κ1) is 18.0. The maximum absolute atomic E-state index is 12.3. The highest BCUT2D eigenvalue weighted by molar-refractivity contribution is 5.93. The number of hydrogen-bond donors (Lipinski definition) is 3. The van der Waals surface area contributed by atoms with Crippen LogP contribution in [0.5, 0.6) is 0 Å². The van der Waals surface area contributed by atoms with Crippen molar-refractivity contribution in [3.05, 3.63) is 72.4 Å². The summed E-state index contributed by atoms with van der Waals surface area (Å²) in [7, 11) is 0. The van der Waals surface area contributed by atoms with Gasteiger partial charge in [0.2, 0.25) is 5.91 Å². The van der Waals surface area contributed by atoms with E-state index in [9.17, 15) is 9.59 Å². The fourth-order valence-electron chi connectivity index (χ4n) is 2.35. The van der Waals surface area contributed by atoms with Crippen LogP contribution in [0.4, 0.5) is 17.2 Å². The molecule has 2 amide bonds. The van der Waals surface area contributed by atoms with E-state index in [4.69, 9.17) is 0 Å². The SMILES string of the molecule is CC(=O)Nc1cccc(Nc2cc(C(=O)NCc3ccncc3)ncn2)c1. The highest BCUT2D eigenvalue weighted by Gasteiger charge is 2.09. The second kappa shape index (κ2) is 8.52. The molecule has 0 saturated heterocycles. The number of carbonyl (C=O) groups is 2. The van der Waals surface area contributed by atoms with Gasteiger partial charge in [-0.1, -0.05) is 6.07 Å². The fourth-order valence-corrected chi connectivity index (χ4v) is 2.35. The van der Waals surface area contributed by atoms with Crippen molar-refractivity contribution in [3.8, 4) is 0 Å². The van der Waals surface area contributed by atoms with Gasteiger partial charge < -0.3 is 16.0 Å². The Labute approximate surface area is 156 Å². The lowest BCUT2D eigenvalue weighted by Gasteiger charge is -2.09. The van der Waals surface area contributed by atoms with Crippen molar-refractivity contribution in [2.24, 2.45) is 0 Å². The molecule has 8 nitrogen and oxygen atoms in total. The molecule has 0 bridgehead atoms. The van der Waals surface area contributed by atoms with Crippen LogP contribution in [0, 0.1) is 0 Å². The predicted octanol–water partition coefficient (Wildman–Crippen LogP) is 2.50. The lowest BCUT2D eigenvalue weighted by molar-refractivity contribution is -0.114. The van der Waals surface area contributed by atoms with Gasteiger partial charge in [0.25, 0.3) is 5.91 Å². The zero-order valence-electron chi connectivity index (χ0n) is 14.6. The van der Waals surface area contributed by atoms with Crippen LogP contribution in [0.2, 0.25) is 0 Å². The summed E-state index contributed by atoms with van der Waals surface area (Å²) in [5, 5.41) is 8.61. The first-order valence-corrected chi connectivity index (χ1v) is 8.24. The minimum absolute atomic E-state index is 0.151. The van der Waals surface area contributed by atoms with E-state index in [0.717, 1.165) is 11.3 Å². The van der Waals surface area contributed by atoms with Crippen LogP contribution in [0.25, 0.3) is 0 Å². The molecule has 0 atom stereocenters. The van der Waals surface area contributed by atoms with E-state index in [1.165, 1.54) is 13.3 Å². The molecule has 0 fully saturated rings. The van der Waals surface area contributed by atoms with Gasteiger partial charge in [0.15, 0.2) is 0 Å². The van der Waals surface area contributed by atoms with Gasteiger partial charge in [0.1, 0.15) is 17.8 Å². The lowest BCUT2D eigenvalue weighted by atomic mass is 10.2. The van der Waals surface area contributed by atoms with Gasteiger partial charge in [-0.15, -0.1) is 0 Å².